The number of pyridine rings is 1. The number of hydrogen-bond donors (Lipinski definition) is 0. The predicted molar refractivity (Wildman–Crippen MR) is 54.1 cm³/mol. The van der Waals surface area contributed by atoms with Crippen LogP contribution in [0.1, 0.15) is 12.1 Å². The summed E-state index contributed by atoms with van der Waals surface area (Å²) in [6.45, 7) is 0. The van der Waals surface area contributed by atoms with Gasteiger partial charge in [-0.05, 0) is 12.3 Å². The molecule has 0 amide bonds. The lowest BCUT2D eigenvalue weighted by atomic mass is 10.2. The molecule has 2 heterocycles. The van der Waals surface area contributed by atoms with Gasteiger partial charge in [0.25, 0.3) is 6.43 Å². The van der Waals surface area contributed by atoms with Crippen LogP contribution < -0.4 is 0 Å². The minimum atomic E-state index is -2.60. The fourth-order valence-corrected chi connectivity index (χ4v) is 1.58. The highest BCUT2D eigenvalue weighted by atomic mass is 32.2. The van der Waals surface area contributed by atoms with Crippen molar-refractivity contribution in [2.45, 2.75) is 11.6 Å². The van der Waals surface area contributed by atoms with Crippen LogP contribution in [0.15, 0.2) is 23.6 Å². The summed E-state index contributed by atoms with van der Waals surface area (Å²) in [6.07, 6.45) is 1.96. The summed E-state index contributed by atoms with van der Waals surface area (Å²) in [7, 11) is 0. The first-order chi connectivity index (χ1) is 7.22. The number of thioether (sulfide) groups is 1. The van der Waals surface area contributed by atoms with Gasteiger partial charge in [-0.3, -0.25) is 4.98 Å². The van der Waals surface area contributed by atoms with E-state index in [-0.39, 0.29) is 5.69 Å². The Labute approximate surface area is 89.0 Å². The van der Waals surface area contributed by atoms with Gasteiger partial charge in [-0.15, -0.1) is 0 Å². The Kier molecular flexibility index (Phi) is 2.77. The Hall–Kier alpha value is -1.30. The highest BCUT2D eigenvalue weighted by molar-refractivity contribution is 7.98. The van der Waals surface area contributed by atoms with Crippen LogP contribution in [0.5, 0.6) is 0 Å². The topological polar surface area (TPSA) is 38.7 Å². The molecular weight excluding hydrogens is 220 g/mol. The molecule has 0 spiro atoms. The third-order valence-electron chi connectivity index (χ3n) is 1.91. The molecule has 78 valence electrons. The van der Waals surface area contributed by atoms with Crippen molar-refractivity contribution < 1.29 is 8.78 Å². The number of alkyl halides is 2. The number of aromatic nitrogens is 3. The van der Waals surface area contributed by atoms with Crippen molar-refractivity contribution >= 4 is 22.7 Å². The van der Waals surface area contributed by atoms with E-state index >= 15 is 0 Å². The van der Waals surface area contributed by atoms with Crippen LogP contribution in [0, 0.1) is 0 Å². The molecule has 0 unspecified atom stereocenters. The second-order valence-corrected chi connectivity index (χ2v) is 3.56. The van der Waals surface area contributed by atoms with Gasteiger partial charge in [0.2, 0.25) is 0 Å². The number of hydrogen-bond acceptors (Lipinski definition) is 4. The second kappa shape index (κ2) is 4.06. The monoisotopic (exact) mass is 227 g/mol. The van der Waals surface area contributed by atoms with Gasteiger partial charge in [0, 0.05) is 17.8 Å². The molecule has 0 aromatic carbocycles. The standard InChI is InChI=1S/C9H7F2N3S/c1-15-9-13-4-5-6(14-9)2-3-12-7(5)8(10)11/h2-4,8H,1H3. The van der Waals surface area contributed by atoms with Crippen molar-refractivity contribution in [2.24, 2.45) is 0 Å². The highest BCUT2D eigenvalue weighted by Gasteiger charge is 2.13. The maximum absolute atomic E-state index is 12.6. The molecule has 15 heavy (non-hydrogen) atoms. The van der Waals surface area contributed by atoms with E-state index in [1.54, 1.807) is 6.07 Å². The molecular formula is C9H7F2N3S. The summed E-state index contributed by atoms with van der Waals surface area (Å²) < 4.78 is 25.1. The number of halogens is 2. The first kappa shape index (κ1) is 10.2. The Balaban J connectivity index is 2.67. The van der Waals surface area contributed by atoms with Crippen LogP contribution in [-0.2, 0) is 0 Å². The summed E-state index contributed by atoms with van der Waals surface area (Å²) in [4.78, 5) is 11.7. The summed E-state index contributed by atoms with van der Waals surface area (Å²) in [6, 6.07) is 1.60. The molecule has 0 atom stereocenters. The zero-order chi connectivity index (χ0) is 10.8. The molecule has 0 aliphatic heterocycles. The van der Waals surface area contributed by atoms with Crippen molar-refractivity contribution in [2.75, 3.05) is 6.26 Å². The lowest BCUT2D eigenvalue weighted by Gasteiger charge is -2.03. The van der Waals surface area contributed by atoms with Gasteiger partial charge in [0.15, 0.2) is 5.16 Å². The molecule has 0 saturated heterocycles. The van der Waals surface area contributed by atoms with Crippen LogP contribution in [-0.4, -0.2) is 21.2 Å². The molecule has 2 aromatic rings. The van der Waals surface area contributed by atoms with Gasteiger partial charge >= 0.3 is 0 Å². The summed E-state index contributed by atoms with van der Waals surface area (Å²) in [5.74, 6) is 0. The average Bonchev–Trinajstić information content (AvgIpc) is 2.27. The molecule has 0 aliphatic rings. The van der Waals surface area contributed by atoms with E-state index in [0.717, 1.165) is 0 Å². The van der Waals surface area contributed by atoms with E-state index in [2.05, 4.69) is 15.0 Å². The number of nitrogens with zero attached hydrogens (tertiary/aromatic N) is 3. The van der Waals surface area contributed by atoms with Crippen LogP contribution >= 0.6 is 11.8 Å². The Morgan fingerprint density at radius 3 is 2.80 bits per heavy atom. The van der Waals surface area contributed by atoms with Crippen LogP contribution in [0.25, 0.3) is 10.9 Å². The summed E-state index contributed by atoms with van der Waals surface area (Å²) >= 11 is 1.37. The SMILES string of the molecule is CSc1ncc2c(C(F)F)nccc2n1. The van der Waals surface area contributed by atoms with Crippen LogP contribution in [0.4, 0.5) is 8.78 Å². The lowest BCUT2D eigenvalue weighted by molar-refractivity contribution is 0.148. The van der Waals surface area contributed by atoms with Crippen molar-refractivity contribution in [1.29, 1.82) is 0 Å². The smallest absolute Gasteiger partial charge is 0.254 e. The number of rotatable bonds is 2. The molecule has 2 aromatic heterocycles. The quantitative estimate of drug-likeness (QED) is 0.584. The maximum atomic E-state index is 12.6. The fraction of sp³-hybridized carbons (Fsp3) is 0.222. The Bertz CT molecular complexity index is 490. The molecule has 3 nitrogen and oxygen atoms in total. The largest absolute Gasteiger partial charge is 0.281 e. The van der Waals surface area contributed by atoms with Crippen LogP contribution in [0.2, 0.25) is 0 Å². The van der Waals surface area contributed by atoms with Crippen molar-refractivity contribution in [3.05, 3.63) is 24.2 Å². The Morgan fingerprint density at radius 1 is 1.33 bits per heavy atom. The normalized spacial score (nSPS) is 11.2. The number of fused-ring (bicyclic) bond motifs is 1. The lowest BCUT2D eigenvalue weighted by Crippen LogP contribution is -1.95. The molecule has 0 fully saturated rings. The molecule has 6 heteroatoms. The van der Waals surface area contributed by atoms with E-state index in [0.29, 0.717) is 16.1 Å². The van der Waals surface area contributed by atoms with Crippen molar-refractivity contribution in [3.8, 4) is 0 Å². The van der Waals surface area contributed by atoms with Gasteiger partial charge in [-0.1, -0.05) is 11.8 Å². The predicted octanol–water partition coefficient (Wildman–Crippen LogP) is 2.68. The third-order valence-corrected chi connectivity index (χ3v) is 2.47. The molecule has 0 radical (unpaired) electrons. The Morgan fingerprint density at radius 2 is 2.13 bits per heavy atom. The van der Waals surface area contributed by atoms with E-state index in [9.17, 15) is 8.78 Å². The molecule has 2 rings (SSSR count). The van der Waals surface area contributed by atoms with E-state index in [1.807, 2.05) is 6.26 Å². The van der Waals surface area contributed by atoms with Crippen LogP contribution in [0.3, 0.4) is 0 Å². The summed E-state index contributed by atoms with van der Waals surface area (Å²) in [5, 5.41) is 0.874. The average molecular weight is 227 g/mol. The molecule has 0 saturated carbocycles. The first-order valence-electron chi connectivity index (χ1n) is 4.16. The maximum Gasteiger partial charge on any atom is 0.281 e. The van der Waals surface area contributed by atoms with Gasteiger partial charge < -0.3 is 0 Å². The molecule has 0 N–H and O–H groups in total. The minimum absolute atomic E-state index is 0.264. The van der Waals surface area contributed by atoms with E-state index < -0.39 is 6.43 Å². The molecule has 0 aliphatic carbocycles. The van der Waals surface area contributed by atoms with Gasteiger partial charge in [0.1, 0.15) is 5.69 Å². The third kappa shape index (κ3) is 1.90. The van der Waals surface area contributed by atoms with Gasteiger partial charge in [-0.2, -0.15) is 0 Å². The first-order valence-corrected chi connectivity index (χ1v) is 5.38. The van der Waals surface area contributed by atoms with E-state index in [1.165, 1.54) is 24.2 Å². The van der Waals surface area contributed by atoms with Gasteiger partial charge in [0.05, 0.1) is 5.52 Å². The fourth-order valence-electron chi connectivity index (χ4n) is 1.23. The summed E-state index contributed by atoms with van der Waals surface area (Å²) in [5.41, 5.74) is 0.236. The minimum Gasteiger partial charge on any atom is -0.254 e. The highest BCUT2D eigenvalue weighted by Crippen LogP contribution is 2.24. The van der Waals surface area contributed by atoms with Crippen molar-refractivity contribution in [3.63, 3.8) is 0 Å². The zero-order valence-corrected chi connectivity index (χ0v) is 8.63. The molecule has 0 bridgehead atoms. The van der Waals surface area contributed by atoms with Crippen molar-refractivity contribution in [1.82, 2.24) is 15.0 Å². The second-order valence-electron chi connectivity index (χ2n) is 2.79. The van der Waals surface area contributed by atoms with Gasteiger partial charge in [-0.25, -0.2) is 18.7 Å². The zero-order valence-electron chi connectivity index (χ0n) is 7.82. The van der Waals surface area contributed by atoms with E-state index in [4.69, 9.17) is 0 Å².